The molecule has 2 rings (SSSR count). The molecule has 118 valence electrons. The molecule has 6 heteroatoms. The monoisotopic (exact) mass is 312 g/mol. The predicted molar refractivity (Wildman–Crippen MR) is 83.4 cm³/mol. The molecule has 0 fully saturated rings. The predicted octanol–water partition coefficient (Wildman–Crippen LogP) is 2.65. The van der Waals surface area contributed by atoms with Crippen LogP contribution in [-0.4, -0.2) is 12.5 Å². The molecule has 1 aromatic heterocycles. The standard InChI is InChI=1S/C17H16N2O4/c1-2-21-13-3-5-14(6-4-13)22-11-16-8-7-15(23-16)9-12(10-18)17(19)20/h3-9H,2,11H2,1H3,(H2,19,20)/b12-9+. The van der Waals surface area contributed by atoms with E-state index in [1.807, 2.05) is 19.1 Å². The van der Waals surface area contributed by atoms with E-state index < -0.39 is 5.91 Å². The smallest absolute Gasteiger partial charge is 0.259 e. The average molecular weight is 312 g/mol. The lowest BCUT2D eigenvalue weighted by Crippen LogP contribution is -2.12. The van der Waals surface area contributed by atoms with E-state index in [2.05, 4.69) is 0 Å². The van der Waals surface area contributed by atoms with Gasteiger partial charge >= 0.3 is 0 Å². The van der Waals surface area contributed by atoms with E-state index >= 15 is 0 Å². The second-order valence-corrected chi connectivity index (χ2v) is 4.53. The number of carbonyl (C=O) groups is 1. The highest BCUT2D eigenvalue weighted by Gasteiger charge is 2.07. The molecule has 1 heterocycles. The Kier molecular flexibility index (Phi) is 5.42. The Morgan fingerprint density at radius 3 is 2.43 bits per heavy atom. The molecule has 0 radical (unpaired) electrons. The minimum atomic E-state index is -0.795. The lowest BCUT2D eigenvalue weighted by molar-refractivity contribution is -0.114. The van der Waals surface area contributed by atoms with Gasteiger partial charge in [-0.15, -0.1) is 0 Å². The number of benzene rings is 1. The number of nitrogens with zero attached hydrogens (tertiary/aromatic N) is 1. The van der Waals surface area contributed by atoms with Gasteiger partial charge in [-0.3, -0.25) is 4.79 Å². The largest absolute Gasteiger partial charge is 0.494 e. The molecule has 0 aliphatic heterocycles. The molecule has 23 heavy (non-hydrogen) atoms. The Balaban J connectivity index is 1.97. The molecule has 0 bridgehead atoms. The van der Waals surface area contributed by atoms with Crippen LogP contribution in [0, 0.1) is 11.3 Å². The summed E-state index contributed by atoms with van der Waals surface area (Å²) in [6.07, 6.45) is 1.29. The Morgan fingerprint density at radius 1 is 1.22 bits per heavy atom. The molecule has 0 aliphatic carbocycles. The molecule has 0 atom stereocenters. The van der Waals surface area contributed by atoms with Crippen molar-refractivity contribution in [3.05, 3.63) is 53.5 Å². The summed E-state index contributed by atoms with van der Waals surface area (Å²) in [4.78, 5) is 11.0. The zero-order valence-corrected chi connectivity index (χ0v) is 12.6. The maximum absolute atomic E-state index is 11.0. The van der Waals surface area contributed by atoms with E-state index in [0.717, 1.165) is 5.75 Å². The minimum Gasteiger partial charge on any atom is -0.494 e. The number of amides is 1. The summed E-state index contributed by atoms with van der Waals surface area (Å²) in [5, 5.41) is 8.78. The third-order valence-corrected chi connectivity index (χ3v) is 2.87. The van der Waals surface area contributed by atoms with Crippen LogP contribution in [0.1, 0.15) is 18.4 Å². The van der Waals surface area contributed by atoms with Gasteiger partial charge in [0.1, 0.15) is 41.3 Å². The Hall–Kier alpha value is -3.20. The number of primary amides is 1. The molecule has 0 saturated carbocycles. The van der Waals surface area contributed by atoms with Gasteiger partial charge in [0.25, 0.3) is 5.91 Å². The van der Waals surface area contributed by atoms with Crippen LogP contribution in [0.3, 0.4) is 0 Å². The molecule has 2 aromatic rings. The number of carbonyl (C=O) groups excluding carboxylic acids is 1. The van der Waals surface area contributed by atoms with Crippen molar-refractivity contribution >= 4 is 12.0 Å². The summed E-state index contributed by atoms with van der Waals surface area (Å²) in [5.41, 5.74) is 4.90. The van der Waals surface area contributed by atoms with E-state index in [9.17, 15) is 4.79 Å². The maximum Gasteiger partial charge on any atom is 0.259 e. The Labute approximate surface area is 133 Å². The highest BCUT2D eigenvalue weighted by molar-refractivity contribution is 6.00. The van der Waals surface area contributed by atoms with Gasteiger partial charge in [-0.1, -0.05) is 0 Å². The molecule has 1 aromatic carbocycles. The van der Waals surface area contributed by atoms with E-state index in [4.69, 9.17) is 24.9 Å². The van der Waals surface area contributed by atoms with E-state index in [1.54, 1.807) is 30.3 Å². The van der Waals surface area contributed by atoms with Crippen molar-refractivity contribution in [2.24, 2.45) is 5.73 Å². The summed E-state index contributed by atoms with van der Waals surface area (Å²) in [6, 6.07) is 12.3. The van der Waals surface area contributed by atoms with Crippen LogP contribution in [-0.2, 0) is 11.4 Å². The zero-order chi connectivity index (χ0) is 16.7. The van der Waals surface area contributed by atoms with Crippen LogP contribution in [0.15, 0.2) is 46.4 Å². The number of furan rings is 1. The van der Waals surface area contributed by atoms with Gasteiger partial charge in [0.05, 0.1) is 6.61 Å². The molecule has 0 unspecified atom stereocenters. The van der Waals surface area contributed by atoms with Gasteiger partial charge < -0.3 is 19.6 Å². The molecule has 1 amide bonds. The fourth-order valence-corrected chi connectivity index (χ4v) is 1.80. The number of ether oxygens (including phenoxy) is 2. The van der Waals surface area contributed by atoms with E-state index in [1.165, 1.54) is 6.08 Å². The van der Waals surface area contributed by atoms with Gasteiger partial charge in [0.2, 0.25) is 0 Å². The number of nitriles is 1. The first-order valence-corrected chi connectivity index (χ1v) is 6.98. The van der Waals surface area contributed by atoms with Crippen LogP contribution in [0.4, 0.5) is 0 Å². The number of rotatable bonds is 7. The Bertz CT molecular complexity index is 739. The van der Waals surface area contributed by atoms with Crippen LogP contribution < -0.4 is 15.2 Å². The molecule has 0 spiro atoms. The van der Waals surface area contributed by atoms with Crippen molar-refractivity contribution in [2.75, 3.05) is 6.61 Å². The molecule has 2 N–H and O–H groups in total. The fourth-order valence-electron chi connectivity index (χ4n) is 1.80. The topological polar surface area (TPSA) is 98.5 Å². The van der Waals surface area contributed by atoms with Crippen LogP contribution >= 0.6 is 0 Å². The first-order chi connectivity index (χ1) is 11.1. The van der Waals surface area contributed by atoms with Crippen LogP contribution in [0.25, 0.3) is 6.08 Å². The lowest BCUT2D eigenvalue weighted by atomic mass is 10.2. The number of hydrogen-bond acceptors (Lipinski definition) is 5. The molecular formula is C17H16N2O4. The van der Waals surface area contributed by atoms with E-state index in [0.29, 0.717) is 23.9 Å². The van der Waals surface area contributed by atoms with Gasteiger partial charge in [0, 0.05) is 6.08 Å². The summed E-state index contributed by atoms with van der Waals surface area (Å²) in [5.74, 6) is 1.59. The van der Waals surface area contributed by atoms with Gasteiger partial charge in [-0.2, -0.15) is 5.26 Å². The second-order valence-electron chi connectivity index (χ2n) is 4.53. The second kappa shape index (κ2) is 7.71. The van der Waals surface area contributed by atoms with Gasteiger partial charge in [-0.05, 0) is 43.3 Å². The van der Waals surface area contributed by atoms with Gasteiger partial charge in [0.15, 0.2) is 0 Å². The zero-order valence-electron chi connectivity index (χ0n) is 12.6. The number of hydrogen-bond donors (Lipinski definition) is 1. The van der Waals surface area contributed by atoms with Crippen molar-refractivity contribution in [3.8, 4) is 17.6 Å². The molecule has 6 nitrogen and oxygen atoms in total. The quantitative estimate of drug-likeness (QED) is 0.626. The summed E-state index contributed by atoms with van der Waals surface area (Å²) in [7, 11) is 0. The molecule has 0 saturated heterocycles. The minimum absolute atomic E-state index is 0.168. The van der Waals surface area contributed by atoms with E-state index in [-0.39, 0.29) is 12.2 Å². The SMILES string of the molecule is CCOc1ccc(OCc2ccc(/C=C(\C#N)C(N)=O)o2)cc1. The summed E-state index contributed by atoms with van der Waals surface area (Å²) >= 11 is 0. The van der Waals surface area contributed by atoms with Crippen LogP contribution in [0.5, 0.6) is 11.5 Å². The van der Waals surface area contributed by atoms with Crippen molar-refractivity contribution in [2.45, 2.75) is 13.5 Å². The van der Waals surface area contributed by atoms with Crippen molar-refractivity contribution in [3.63, 3.8) is 0 Å². The third-order valence-electron chi connectivity index (χ3n) is 2.87. The lowest BCUT2D eigenvalue weighted by Gasteiger charge is -2.06. The number of nitrogens with two attached hydrogens (primary N) is 1. The summed E-state index contributed by atoms with van der Waals surface area (Å²) in [6.45, 7) is 2.75. The van der Waals surface area contributed by atoms with Gasteiger partial charge in [-0.25, -0.2) is 0 Å². The first kappa shape index (κ1) is 16.2. The molecular weight excluding hydrogens is 296 g/mol. The molecule has 0 aliphatic rings. The third kappa shape index (κ3) is 4.64. The van der Waals surface area contributed by atoms with Crippen molar-refractivity contribution < 1.29 is 18.7 Å². The highest BCUT2D eigenvalue weighted by atomic mass is 16.5. The van der Waals surface area contributed by atoms with Crippen LogP contribution in [0.2, 0.25) is 0 Å². The van der Waals surface area contributed by atoms with Crippen molar-refractivity contribution in [1.82, 2.24) is 0 Å². The first-order valence-electron chi connectivity index (χ1n) is 6.98. The summed E-state index contributed by atoms with van der Waals surface area (Å²) < 4.78 is 16.4. The fraction of sp³-hybridized carbons (Fsp3) is 0.176. The Morgan fingerprint density at radius 2 is 1.87 bits per heavy atom. The normalized spacial score (nSPS) is 10.9. The maximum atomic E-state index is 11.0. The average Bonchev–Trinajstić information content (AvgIpc) is 2.99. The van der Waals surface area contributed by atoms with Crippen molar-refractivity contribution in [1.29, 1.82) is 5.26 Å². The highest BCUT2D eigenvalue weighted by Crippen LogP contribution is 2.19.